The number of likely N-dealkylation sites (N-methyl/N-ethyl adjacent to an activating group) is 2. The number of likely N-dealkylation sites (tertiary alicyclic amines) is 1. The van der Waals surface area contributed by atoms with Gasteiger partial charge in [-0.15, -0.1) is 0 Å². The van der Waals surface area contributed by atoms with E-state index in [1.165, 1.54) is 19.5 Å². The SMILES string of the molecule is CNCC(C1CN(C)CCC1N1CCOCC1)N(C)C. The van der Waals surface area contributed by atoms with E-state index >= 15 is 0 Å². The minimum Gasteiger partial charge on any atom is -0.379 e. The van der Waals surface area contributed by atoms with E-state index in [0.29, 0.717) is 18.0 Å². The Morgan fingerprint density at radius 2 is 1.95 bits per heavy atom. The van der Waals surface area contributed by atoms with Crippen molar-refractivity contribution in [2.75, 3.05) is 74.1 Å². The van der Waals surface area contributed by atoms with Crippen molar-refractivity contribution in [2.45, 2.75) is 18.5 Å². The molecule has 5 heteroatoms. The van der Waals surface area contributed by atoms with E-state index in [-0.39, 0.29) is 0 Å². The van der Waals surface area contributed by atoms with E-state index in [2.05, 4.69) is 48.2 Å². The first-order chi connectivity index (χ1) is 9.63. The van der Waals surface area contributed by atoms with E-state index < -0.39 is 0 Å². The summed E-state index contributed by atoms with van der Waals surface area (Å²) in [5, 5.41) is 3.38. The van der Waals surface area contributed by atoms with Gasteiger partial charge in [-0.3, -0.25) is 4.90 Å². The minimum atomic E-state index is 0.593. The highest BCUT2D eigenvalue weighted by Crippen LogP contribution is 2.27. The van der Waals surface area contributed by atoms with Crippen molar-refractivity contribution in [3.05, 3.63) is 0 Å². The Bertz CT molecular complexity index is 281. The number of nitrogens with one attached hydrogen (secondary N) is 1. The predicted octanol–water partition coefficient (Wildman–Crippen LogP) is -0.211. The quantitative estimate of drug-likeness (QED) is 0.755. The maximum Gasteiger partial charge on any atom is 0.0594 e. The van der Waals surface area contributed by atoms with Crippen molar-refractivity contribution in [1.29, 1.82) is 0 Å². The third kappa shape index (κ3) is 3.92. The minimum absolute atomic E-state index is 0.593. The smallest absolute Gasteiger partial charge is 0.0594 e. The fraction of sp³-hybridized carbons (Fsp3) is 1.00. The number of rotatable bonds is 5. The van der Waals surface area contributed by atoms with Gasteiger partial charge < -0.3 is 19.9 Å². The van der Waals surface area contributed by atoms with E-state index in [9.17, 15) is 0 Å². The average Bonchev–Trinajstić information content (AvgIpc) is 2.45. The van der Waals surface area contributed by atoms with E-state index in [0.717, 1.165) is 32.8 Å². The topological polar surface area (TPSA) is 31.0 Å². The molecule has 0 spiro atoms. The zero-order valence-corrected chi connectivity index (χ0v) is 13.6. The molecule has 1 N–H and O–H groups in total. The van der Waals surface area contributed by atoms with Gasteiger partial charge in [-0.25, -0.2) is 0 Å². The van der Waals surface area contributed by atoms with Crippen LogP contribution in [0, 0.1) is 5.92 Å². The summed E-state index contributed by atoms with van der Waals surface area (Å²) in [5.74, 6) is 0.703. The third-order valence-corrected chi connectivity index (χ3v) is 4.91. The fourth-order valence-corrected chi connectivity index (χ4v) is 3.81. The lowest BCUT2D eigenvalue weighted by Crippen LogP contribution is -2.60. The lowest BCUT2D eigenvalue weighted by atomic mass is 9.84. The van der Waals surface area contributed by atoms with Gasteiger partial charge in [-0.1, -0.05) is 0 Å². The van der Waals surface area contributed by atoms with Gasteiger partial charge >= 0.3 is 0 Å². The van der Waals surface area contributed by atoms with Crippen LogP contribution in [-0.4, -0.2) is 101 Å². The Hall–Kier alpha value is -0.200. The van der Waals surface area contributed by atoms with Gasteiger partial charge in [-0.2, -0.15) is 0 Å². The first-order valence-corrected chi connectivity index (χ1v) is 7.95. The summed E-state index contributed by atoms with van der Waals surface area (Å²) in [5.41, 5.74) is 0. The van der Waals surface area contributed by atoms with Crippen molar-refractivity contribution in [1.82, 2.24) is 20.0 Å². The molecule has 0 aromatic heterocycles. The number of piperidine rings is 1. The maximum absolute atomic E-state index is 5.53. The van der Waals surface area contributed by atoms with Gasteiger partial charge in [0.25, 0.3) is 0 Å². The molecule has 118 valence electrons. The largest absolute Gasteiger partial charge is 0.379 e. The van der Waals surface area contributed by atoms with Crippen LogP contribution in [0.4, 0.5) is 0 Å². The molecule has 0 radical (unpaired) electrons. The van der Waals surface area contributed by atoms with Crippen LogP contribution in [0.15, 0.2) is 0 Å². The predicted molar refractivity (Wildman–Crippen MR) is 83.2 cm³/mol. The van der Waals surface area contributed by atoms with Gasteiger partial charge in [0.15, 0.2) is 0 Å². The number of nitrogens with zero attached hydrogens (tertiary/aromatic N) is 3. The number of morpholine rings is 1. The summed E-state index contributed by atoms with van der Waals surface area (Å²) in [6.45, 7) is 7.49. The molecule has 2 heterocycles. The van der Waals surface area contributed by atoms with Crippen LogP contribution >= 0.6 is 0 Å². The van der Waals surface area contributed by atoms with Crippen LogP contribution in [0.1, 0.15) is 6.42 Å². The molecule has 3 unspecified atom stereocenters. The molecule has 2 aliphatic heterocycles. The third-order valence-electron chi connectivity index (χ3n) is 4.91. The van der Waals surface area contributed by atoms with Crippen LogP contribution in [0.3, 0.4) is 0 Å². The Kier molecular flexibility index (Phi) is 6.23. The van der Waals surface area contributed by atoms with Crippen LogP contribution in [0.5, 0.6) is 0 Å². The number of hydrogen-bond donors (Lipinski definition) is 1. The molecule has 0 saturated carbocycles. The standard InChI is InChI=1S/C15H32N4O/c1-16-11-15(17(2)3)13-12-18(4)6-5-14(13)19-7-9-20-10-8-19/h13-16H,5-12H2,1-4H3. The van der Waals surface area contributed by atoms with Crippen LogP contribution in [0.25, 0.3) is 0 Å². The van der Waals surface area contributed by atoms with Gasteiger partial charge in [0.2, 0.25) is 0 Å². The van der Waals surface area contributed by atoms with E-state index in [4.69, 9.17) is 4.74 Å². The molecule has 0 amide bonds. The molecule has 0 aromatic carbocycles. The second kappa shape index (κ2) is 7.71. The summed E-state index contributed by atoms with van der Waals surface area (Å²) in [6, 6.07) is 1.30. The molecule has 20 heavy (non-hydrogen) atoms. The van der Waals surface area contributed by atoms with Crippen molar-refractivity contribution in [3.8, 4) is 0 Å². The summed E-state index contributed by atoms with van der Waals surface area (Å²) in [7, 11) is 8.75. The van der Waals surface area contributed by atoms with Crippen molar-refractivity contribution >= 4 is 0 Å². The summed E-state index contributed by atoms with van der Waals surface area (Å²) in [4.78, 5) is 7.56. The van der Waals surface area contributed by atoms with Crippen LogP contribution < -0.4 is 5.32 Å². The highest BCUT2D eigenvalue weighted by molar-refractivity contribution is 4.94. The second-order valence-electron chi connectivity index (χ2n) is 6.52. The lowest BCUT2D eigenvalue weighted by molar-refractivity contribution is -0.0322. The summed E-state index contributed by atoms with van der Waals surface area (Å²) in [6.07, 6.45) is 1.29. The van der Waals surface area contributed by atoms with Crippen molar-refractivity contribution in [3.63, 3.8) is 0 Å². The summed E-state index contributed by atoms with van der Waals surface area (Å²) >= 11 is 0. The summed E-state index contributed by atoms with van der Waals surface area (Å²) < 4.78 is 5.53. The molecule has 3 atom stereocenters. The molecule has 0 aromatic rings. The molecule has 5 nitrogen and oxygen atoms in total. The monoisotopic (exact) mass is 284 g/mol. The molecular formula is C15H32N4O. The Morgan fingerprint density at radius 1 is 1.25 bits per heavy atom. The molecule has 0 bridgehead atoms. The Labute approximate surface area is 124 Å². The van der Waals surface area contributed by atoms with E-state index in [1.807, 2.05) is 0 Å². The normalized spacial score (nSPS) is 31.6. The lowest BCUT2D eigenvalue weighted by Gasteiger charge is -2.48. The number of ether oxygens (including phenoxy) is 1. The van der Waals surface area contributed by atoms with E-state index in [1.54, 1.807) is 0 Å². The Morgan fingerprint density at radius 3 is 2.55 bits per heavy atom. The fourth-order valence-electron chi connectivity index (χ4n) is 3.81. The molecule has 2 fully saturated rings. The van der Waals surface area contributed by atoms with Crippen molar-refractivity contribution < 1.29 is 4.74 Å². The van der Waals surface area contributed by atoms with Gasteiger partial charge in [0, 0.05) is 44.2 Å². The van der Waals surface area contributed by atoms with Crippen LogP contribution in [-0.2, 0) is 4.74 Å². The highest BCUT2D eigenvalue weighted by atomic mass is 16.5. The van der Waals surface area contributed by atoms with Crippen LogP contribution in [0.2, 0.25) is 0 Å². The zero-order chi connectivity index (χ0) is 14.5. The molecule has 2 aliphatic rings. The molecule has 2 saturated heterocycles. The van der Waals surface area contributed by atoms with Gasteiger partial charge in [0.1, 0.15) is 0 Å². The highest BCUT2D eigenvalue weighted by Gasteiger charge is 2.38. The van der Waals surface area contributed by atoms with Gasteiger partial charge in [-0.05, 0) is 41.2 Å². The molecule has 2 rings (SSSR count). The van der Waals surface area contributed by atoms with Crippen molar-refractivity contribution in [2.24, 2.45) is 5.92 Å². The first-order valence-electron chi connectivity index (χ1n) is 7.95. The Balaban J connectivity index is 2.09. The molecular weight excluding hydrogens is 252 g/mol. The first kappa shape index (κ1) is 16.2. The molecule has 0 aliphatic carbocycles. The van der Waals surface area contributed by atoms with Gasteiger partial charge in [0.05, 0.1) is 13.2 Å². The second-order valence-corrected chi connectivity index (χ2v) is 6.52. The average molecular weight is 284 g/mol. The number of hydrogen-bond acceptors (Lipinski definition) is 5. The maximum atomic E-state index is 5.53. The zero-order valence-electron chi connectivity index (χ0n) is 13.6.